The third-order valence-corrected chi connectivity index (χ3v) is 3.80. The van der Waals surface area contributed by atoms with Crippen molar-refractivity contribution in [3.63, 3.8) is 0 Å². The summed E-state index contributed by atoms with van der Waals surface area (Å²) in [4.78, 5) is 24.1. The first-order valence-corrected chi connectivity index (χ1v) is 8.16. The number of esters is 1. The van der Waals surface area contributed by atoms with E-state index < -0.39 is 18.5 Å². The van der Waals surface area contributed by atoms with E-state index in [4.69, 9.17) is 9.47 Å². The van der Waals surface area contributed by atoms with Gasteiger partial charge in [-0.3, -0.25) is 4.79 Å². The Morgan fingerprint density at radius 1 is 1.12 bits per heavy atom. The van der Waals surface area contributed by atoms with Gasteiger partial charge in [-0.05, 0) is 35.2 Å². The van der Waals surface area contributed by atoms with Crippen LogP contribution in [0.3, 0.4) is 0 Å². The van der Waals surface area contributed by atoms with E-state index in [9.17, 15) is 14.7 Å². The van der Waals surface area contributed by atoms with E-state index >= 15 is 0 Å². The molecule has 0 aliphatic heterocycles. The summed E-state index contributed by atoms with van der Waals surface area (Å²) in [6.07, 6.45) is 0. The normalized spacial score (nSPS) is 10.9. The number of nitrogens with one attached hydrogen (secondary N) is 1. The van der Waals surface area contributed by atoms with Crippen molar-refractivity contribution < 1.29 is 24.2 Å². The van der Waals surface area contributed by atoms with Crippen LogP contribution >= 0.6 is 0 Å². The van der Waals surface area contributed by atoms with Crippen LogP contribution in [0, 0.1) is 0 Å². The Morgan fingerprint density at radius 2 is 1.81 bits per heavy atom. The summed E-state index contributed by atoms with van der Waals surface area (Å²) in [6, 6.07) is 11.5. The quantitative estimate of drug-likeness (QED) is 0.800. The van der Waals surface area contributed by atoms with Crippen molar-refractivity contribution in [2.75, 3.05) is 19.0 Å². The Morgan fingerprint density at radius 3 is 2.42 bits per heavy atom. The zero-order chi connectivity index (χ0) is 19.3. The number of rotatable bonds is 5. The topological polar surface area (TPSA) is 84.9 Å². The fraction of sp³-hybridized carbons (Fsp3) is 0.300. The highest BCUT2D eigenvalue weighted by Gasteiger charge is 2.18. The number of phenolic OH excluding ortho intramolecular Hbond substituents is 1. The van der Waals surface area contributed by atoms with Crippen molar-refractivity contribution in [1.29, 1.82) is 0 Å². The molecule has 0 heterocycles. The maximum absolute atomic E-state index is 12.2. The Hall–Kier alpha value is -3.02. The molecule has 1 amide bonds. The minimum absolute atomic E-state index is 0.00705. The van der Waals surface area contributed by atoms with E-state index in [1.807, 2.05) is 12.1 Å². The molecule has 2 aromatic carbocycles. The maximum Gasteiger partial charge on any atom is 0.342 e. The minimum atomic E-state index is -0.770. The molecule has 0 aliphatic carbocycles. The average Bonchev–Trinajstić information content (AvgIpc) is 2.59. The number of hydrogen-bond acceptors (Lipinski definition) is 5. The summed E-state index contributed by atoms with van der Waals surface area (Å²) in [5.41, 5.74) is 1.44. The highest BCUT2D eigenvalue weighted by Crippen LogP contribution is 2.31. The monoisotopic (exact) mass is 357 g/mol. The lowest BCUT2D eigenvalue weighted by Crippen LogP contribution is -2.22. The number of benzene rings is 2. The van der Waals surface area contributed by atoms with E-state index in [1.54, 1.807) is 18.2 Å². The second-order valence-electron chi connectivity index (χ2n) is 6.81. The summed E-state index contributed by atoms with van der Waals surface area (Å²) in [5, 5.41) is 12.3. The van der Waals surface area contributed by atoms with Crippen LogP contribution in [0.1, 0.15) is 36.7 Å². The summed E-state index contributed by atoms with van der Waals surface area (Å²) in [7, 11) is 1.51. The van der Waals surface area contributed by atoms with Gasteiger partial charge in [-0.25, -0.2) is 4.79 Å². The molecule has 0 aliphatic rings. The van der Waals surface area contributed by atoms with Crippen LogP contribution in [0.2, 0.25) is 0 Å². The third kappa shape index (κ3) is 4.75. The Bertz CT molecular complexity index is 808. The summed E-state index contributed by atoms with van der Waals surface area (Å²) < 4.78 is 10.2. The van der Waals surface area contributed by atoms with Crippen LogP contribution in [-0.2, 0) is 14.9 Å². The predicted molar refractivity (Wildman–Crippen MR) is 98.7 cm³/mol. The number of phenols is 1. The lowest BCUT2D eigenvalue weighted by Gasteiger charge is -2.21. The van der Waals surface area contributed by atoms with Crippen molar-refractivity contribution in [3.8, 4) is 11.5 Å². The number of aromatic hydroxyl groups is 1. The van der Waals surface area contributed by atoms with Gasteiger partial charge in [-0.2, -0.15) is 0 Å². The van der Waals surface area contributed by atoms with Gasteiger partial charge in [0.05, 0.1) is 12.8 Å². The van der Waals surface area contributed by atoms with Crippen LogP contribution in [0.5, 0.6) is 11.5 Å². The van der Waals surface area contributed by atoms with Gasteiger partial charge < -0.3 is 19.9 Å². The minimum Gasteiger partial charge on any atom is -0.507 e. The highest BCUT2D eigenvalue weighted by atomic mass is 16.5. The number of hydrogen-bond donors (Lipinski definition) is 2. The van der Waals surface area contributed by atoms with Crippen LogP contribution in [0.25, 0.3) is 0 Å². The van der Waals surface area contributed by atoms with Gasteiger partial charge in [0.1, 0.15) is 17.1 Å². The molecular weight excluding hydrogens is 334 g/mol. The molecule has 26 heavy (non-hydrogen) atoms. The molecule has 0 radical (unpaired) electrons. The van der Waals surface area contributed by atoms with Crippen molar-refractivity contribution >= 4 is 17.6 Å². The van der Waals surface area contributed by atoms with Crippen LogP contribution < -0.4 is 10.1 Å². The van der Waals surface area contributed by atoms with E-state index in [1.165, 1.54) is 19.2 Å². The molecule has 0 aromatic heterocycles. The Labute approximate surface area is 152 Å². The molecule has 2 aromatic rings. The first kappa shape index (κ1) is 19.3. The van der Waals surface area contributed by atoms with Crippen molar-refractivity contribution in [1.82, 2.24) is 0 Å². The lowest BCUT2D eigenvalue weighted by atomic mass is 9.87. The molecule has 6 heteroatoms. The molecule has 0 fully saturated rings. The first-order chi connectivity index (χ1) is 12.2. The second kappa shape index (κ2) is 7.91. The van der Waals surface area contributed by atoms with E-state index in [0.29, 0.717) is 11.4 Å². The van der Waals surface area contributed by atoms with Crippen molar-refractivity contribution in [3.05, 3.63) is 53.6 Å². The Kier molecular flexibility index (Phi) is 5.87. The molecule has 138 valence electrons. The van der Waals surface area contributed by atoms with Crippen LogP contribution in [0.15, 0.2) is 42.5 Å². The number of ether oxygens (including phenoxy) is 2. The average molecular weight is 357 g/mol. The molecule has 2 rings (SSSR count). The highest BCUT2D eigenvalue weighted by molar-refractivity contribution is 5.97. The zero-order valence-electron chi connectivity index (χ0n) is 15.3. The number of anilines is 1. The van der Waals surface area contributed by atoms with Crippen LogP contribution in [-0.4, -0.2) is 30.7 Å². The Balaban J connectivity index is 2.05. The van der Waals surface area contributed by atoms with Crippen molar-refractivity contribution in [2.45, 2.75) is 26.2 Å². The second-order valence-corrected chi connectivity index (χ2v) is 6.81. The molecule has 0 bridgehead atoms. The standard InChI is InChI=1S/C20H23NO5/c1-20(2,3)13-9-10-17(25-4)15(11-13)21-18(23)12-26-19(24)14-7-5-6-8-16(14)22/h5-11,22H,12H2,1-4H3,(H,21,23). The number of carbonyl (C=O) groups excluding carboxylic acids is 2. The number of methoxy groups -OCH3 is 1. The van der Waals surface area contributed by atoms with Gasteiger partial charge in [-0.1, -0.05) is 39.0 Å². The van der Waals surface area contributed by atoms with Gasteiger partial charge in [-0.15, -0.1) is 0 Å². The van der Waals surface area contributed by atoms with Gasteiger partial charge in [0.25, 0.3) is 5.91 Å². The molecule has 0 atom stereocenters. The number of para-hydroxylation sites is 1. The molecule has 0 saturated carbocycles. The fourth-order valence-corrected chi connectivity index (χ4v) is 2.31. The van der Waals surface area contributed by atoms with E-state index in [0.717, 1.165) is 5.56 Å². The smallest absolute Gasteiger partial charge is 0.342 e. The largest absolute Gasteiger partial charge is 0.507 e. The molecule has 6 nitrogen and oxygen atoms in total. The maximum atomic E-state index is 12.2. The van der Waals surface area contributed by atoms with Gasteiger partial charge in [0.15, 0.2) is 6.61 Å². The number of amides is 1. The summed E-state index contributed by atoms with van der Waals surface area (Å²) in [6.45, 7) is 5.72. The zero-order valence-corrected chi connectivity index (χ0v) is 15.3. The summed E-state index contributed by atoms with van der Waals surface area (Å²) in [5.74, 6) is -0.956. The predicted octanol–water partition coefficient (Wildman–Crippen LogP) is 3.49. The van der Waals surface area contributed by atoms with Crippen molar-refractivity contribution in [2.24, 2.45) is 0 Å². The fourth-order valence-electron chi connectivity index (χ4n) is 2.31. The van der Waals surface area contributed by atoms with Crippen LogP contribution in [0.4, 0.5) is 5.69 Å². The third-order valence-electron chi connectivity index (χ3n) is 3.80. The molecular formula is C20H23NO5. The molecule has 0 saturated heterocycles. The van der Waals surface area contributed by atoms with Gasteiger partial charge >= 0.3 is 5.97 Å². The molecule has 0 unspecified atom stereocenters. The molecule has 2 N–H and O–H groups in total. The van der Waals surface area contributed by atoms with Gasteiger partial charge in [0, 0.05) is 0 Å². The number of carbonyl (C=O) groups is 2. The van der Waals surface area contributed by atoms with E-state index in [2.05, 4.69) is 26.1 Å². The molecule has 0 spiro atoms. The first-order valence-electron chi connectivity index (χ1n) is 8.16. The van der Waals surface area contributed by atoms with Gasteiger partial charge in [0.2, 0.25) is 0 Å². The summed E-state index contributed by atoms with van der Waals surface area (Å²) >= 11 is 0. The SMILES string of the molecule is COc1ccc(C(C)(C)C)cc1NC(=O)COC(=O)c1ccccc1O. The van der Waals surface area contributed by atoms with E-state index in [-0.39, 0.29) is 16.7 Å². The lowest BCUT2D eigenvalue weighted by molar-refractivity contribution is -0.119.